The summed E-state index contributed by atoms with van der Waals surface area (Å²) in [6.45, 7) is 2.41. The Morgan fingerprint density at radius 1 is 1.20 bits per heavy atom. The first-order valence-electron chi connectivity index (χ1n) is 8.43. The summed E-state index contributed by atoms with van der Waals surface area (Å²) in [4.78, 5) is 28.3. The van der Waals surface area contributed by atoms with Crippen LogP contribution in [0.25, 0.3) is 0 Å². The van der Waals surface area contributed by atoms with Crippen molar-refractivity contribution in [1.82, 2.24) is 10.3 Å². The number of aryl methyl sites for hydroxylation is 1. The van der Waals surface area contributed by atoms with Gasteiger partial charge in [-0.3, -0.25) is 4.79 Å². The summed E-state index contributed by atoms with van der Waals surface area (Å²) < 4.78 is 0. The summed E-state index contributed by atoms with van der Waals surface area (Å²) in [6.07, 6.45) is 2.92. The molecule has 0 radical (unpaired) electrons. The number of H-pyrrole nitrogens is 1. The molecule has 3 N–H and O–H groups in total. The first-order valence-corrected chi connectivity index (χ1v) is 8.43. The van der Waals surface area contributed by atoms with Crippen LogP contribution in [0.3, 0.4) is 0 Å². The van der Waals surface area contributed by atoms with Crippen molar-refractivity contribution < 1.29 is 14.7 Å². The molecule has 0 aliphatic carbocycles. The molecular weight excluding hydrogens is 318 g/mol. The van der Waals surface area contributed by atoms with Gasteiger partial charge in [0.1, 0.15) is 0 Å². The second-order valence-electron chi connectivity index (χ2n) is 6.14. The molecular formula is C19H25N3O3. The fourth-order valence-electron chi connectivity index (χ4n) is 2.77. The quantitative estimate of drug-likeness (QED) is 0.641. The van der Waals surface area contributed by atoms with Gasteiger partial charge in [-0.25, -0.2) is 4.79 Å². The van der Waals surface area contributed by atoms with Crippen LogP contribution in [-0.4, -0.2) is 35.7 Å². The molecule has 25 heavy (non-hydrogen) atoms. The number of aromatic amines is 1. The summed E-state index contributed by atoms with van der Waals surface area (Å²) in [6, 6.07) is 11.7. The van der Waals surface area contributed by atoms with Crippen LogP contribution < -0.4 is 10.2 Å². The van der Waals surface area contributed by atoms with Gasteiger partial charge >= 0.3 is 6.09 Å². The number of benzene rings is 1. The topological polar surface area (TPSA) is 85.4 Å². The van der Waals surface area contributed by atoms with Gasteiger partial charge in [-0.1, -0.05) is 24.1 Å². The number of likely N-dealkylation sites (N-methyl/N-ethyl adjacent to an activating group) is 1. The molecule has 6 nitrogen and oxygen atoms in total. The van der Waals surface area contributed by atoms with Crippen molar-refractivity contribution in [3.8, 4) is 0 Å². The van der Waals surface area contributed by atoms with Gasteiger partial charge in [0, 0.05) is 31.2 Å². The molecule has 0 bridgehead atoms. The van der Waals surface area contributed by atoms with Gasteiger partial charge in [0.15, 0.2) is 0 Å². The molecule has 1 aromatic heterocycles. The lowest BCUT2D eigenvalue weighted by Gasteiger charge is -2.24. The smallest absolute Gasteiger partial charge is 0.404 e. The predicted molar refractivity (Wildman–Crippen MR) is 98.0 cm³/mol. The maximum atomic E-state index is 13.0. The molecule has 0 fully saturated rings. The van der Waals surface area contributed by atoms with Crippen molar-refractivity contribution in [1.29, 1.82) is 0 Å². The Labute approximate surface area is 147 Å². The van der Waals surface area contributed by atoms with Crippen molar-refractivity contribution in [2.24, 2.45) is 0 Å². The van der Waals surface area contributed by atoms with Crippen LogP contribution in [0.4, 0.5) is 10.5 Å². The molecule has 0 aliphatic rings. The minimum Gasteiger partial charge on any atom is -0.465 e. The largest absolute Gasteiger partial charge is 0.465 e. The van der Waals surface area contributed by atoms with Crippen LogP contribution in [0, 0.1) is 6.92 Å². The maximum absolute atomic E-state index is 13.0. The lowest BCUT2D eigenvalue weighted by molar-refractivity contribution is -0.120. The number of carbonyl (C=O) groups excluding carboxylic acids is 1. The Morgan fingerprint density at radius 3 is 2.52 bits per heavy atom. The number of carbonyl (C=O) groups is 2. The molecule has 0 saturated carbocycles. The number of amides is 2. The van der Waals surface area contributed by atoms with Crippen molar-refractivity contribution in [3.05, 3.63) is 53.9 Å². The van der Waals surface area contributed by atoms with Gasteiger partial charge in [-0.05, 0) is 44.0 Å². The standard InChI is InChI=1S/C19H25N3O3/c1-14-8-10-15(11-9-14)22(2)18(23)16(17-7-5-13-20-17)6-3-4-12-21-19(24)25/h5,7-11,13,16,20-21H,3-4,6,12H2,1-2H3,(H,24,25). The zero-order chi connectivity index (χ0) is 18.2. The Bertz CT molecular complexity index is 680. The van der Waals surface area contributed by atoms with Crippen LogP contribution >= 0.6 is 0 Å². The number of aromatic nitrogens is 1. The predicted octanol–water partition coefficient (Wildman–Crippen LogP) is 3.51. The number of rotatable bonds is 8. The Hall–Kier alpha value is -2.76. The van der Waals surface area contributed by atoms with E-state index in [2.05, 4.69) is 10.3 Å². The van der Waals surface area contributed by atoms with E-state index < -0.39 is 6.09 Å². The van der Waals surface area contributed by atoms with E-state index >= 15 is 0 Å². The van der Waals surface area contributed by atoms with Gasteiger partial charge in [0.05, 0.1) is 5.92 Å². The lowest BCUT2D eigenvalue weighted by Crippen LogP contribution is -2.32. The van der Waals surface area contributed by atoms with E-state index in [0.717, 1.165) is 23.4 Å². The maximum Gasteiger partial charge on any atom is 0.404 e. The lowest BCUT2D eigenvalue weighted by atomic mass is 9.96. The average Bonchev–Trinajstić information content (AvgIpc) is 3.11. The number of unbranched alkanes of at least 4 members (excludes halogenated alkanes) is 1. The fourth-order valence-corrected chi connectivity index (χ4v) is 2.77. The SMILES string of the molecule is Cc1ccc(N(C)C(=O)C(CCCCNC(=O)O)c2ccc[nH]2)cc1. The van der Waals surface area contributed by atoms with E-state index in [1.165, 1.54) is 0 Å². The third-order valence-electron chi connectivity index (χ3n) is 4.24. The summed E-state index contributed by atoms with van der Waals surface area (Å²) >= 11 is 0. The van der Waals surface area contributed by atoms with Crippen LogP contribution in [0.2, 0.25) is 0 Å². The normalized spacial score (nSPS) is 11.8. The van der Waals surface area contributed by atoms with Crippen LogP contribution in [-0.2, 0) is 4.79 Å². The summed E-state index contributed by atoms with van der Waals surface area (Å²) in [5.74, 6) is -0.247. The highest BCUT2D eigenvalue weighted by atomic mass is 16.4. The Morgan fingerprint density at radius 2 is 1.92 bits per heavy atom. The van der Waals surface area contributed by atoms with Crippen molar-refractivity contribution in [3.63, 3.8) is 0 Å². The Balaban J connectivity index is 2.03. The molecule has 0 aliphatic heterocycles. The van der Waals surface area contributed by atoms with E-state index in [4.69, 9.17) is 5.11 Å². The third-order valence-corrected chi connectivity index (χ3v) is 4.24. The number of nitrogens with one attached hydrogen (secondary N) is 2. The molecule has 0 saturated heterocycles. The fraction of sp³-hybridized carbons (Fsp3) is 0.368. The molecule has 2 aromatic rings. The van der Waals surface area contributed by atoms with Gasteiger partial charge in [-0.2, -0.15) is 0 Å². The highest BCUT2D eigenvalue weighted by molar-refractivity contribution is 5.97. The number of hydrogen-bond donors (Lipinski definition) is 3. The van der Waals surface area contributed by atoms with Gasteiger partial charge in [0.25, 0.3) is 0 Å². The molecule has 0 spiro atoms. The molecule has 6 heteroatoms. The molecule has 1 heterocycles. The van der Waals surface area contributed by atoms with Crippen LogP contribution in [0.1, 0.15) is 36.4 Å². The van der Waals surface area contributed by atoms with Gasteiger partial charge in [-0.15, -0.1) is 0 Å². The number of nitrogens with zero attached hydrogens (tertiary/aromatic N) is 1. The highest BCUT2D eigenvalue weighted by Gasteiger charge is 2.25. The first kappa shape index (κ1) is 18.6. The van der Waals surface area contributed by atoms with E-state index in [1.807, 2.05) is 49.5 Å². The molecule has 1 aromatic carbocycles. The van der Waals surface area contributed by atoms with E-state index in [-0.39, 0.29) is 11.8 Å². The number of carboxylic acid groups (broad SMARTS) is 1. The number of hydrogen-bond acceptors (Lipinski definition) is 2. The zero-order valence-electron chi connectivity index (χ0n) is 14.7. The minimum absolute atomic E-state index is 0.0255. The number of anilines is 1. The van der Waals surface area contributed by atoms with Crippen molar-refractivity contribution in [2.45, 2.75) is 32.1 Å². The van der Waals surface area contributed by atoms with Crippen LogP contribution in [0.15, 0.2) is 42.6 Å². The molecule has 1 atom stereocenters. The molecule has 134 valence electrons. The highest BCUT2D eigenvalue weighted by Crippen LogP contribution is 2.25. The summed E-state index contributed by atoms with van der Waals surface area (Å²) in [5, 5.41) is 11.0. The zero-order valence-corrected chi connectivity index (χ0v) is 14.7. The minimum atomic E-state index is -1.02. The summed E-state index contributed by atoms with van der Waals surface area (Å²) in [5.41, 5.74) is 2.89. The monoisotopic (exact) mass is 343 g/mol. The second kappa shape index (κ2) is 8.92. The van der Waals surface area contributed by atoms with Gasteiger partial charge < -0.3 is 20.3 Å². The average molecular weight is 343 g/mol. The first-order chi connectivity index (χ1) is 12.0. The molecule has 1 unspecified atom stereocenters. The van der Waals surface area contributed by atoms with E-state index in [9.17, 15) is 9.59 Å². The Kier molecular flexibility index (Phi) is 6.62. The van der Waals surface area contributed by atoms with Crippen molar-refractivity contribution >= 4 is 17.7 Å². The second-order valence-corrected chi connectivity index (χ2v) is 6.14. The van der Waals surface area contributed by atoms with Crippen molar-refractivity contribution in [2.75, 3.05) is 18.5 Å². The summed E-state index contributed by atoms with van der Waals surface area (Å²) in [7, 11) is 1.79. The van der Waals surface area contributed by atoms with E-state index in [1.54, 1.807) is 11.9 Å². The van der Waals surface area contributed by atoms with E-state index in [0.29, 0.717) is 19.4 Å². The van der Waals surface area contributed by atoms with Gasteiger partial charge in [0.2, 0.25) is 5.91 Å². The third kappa shape index (κ3) is 5.38. The molecule has 2 amide bonds. The van der Waals surface area contributed by atoms with Crippen LogP contribution in [0.5, 0.6) is 0 Å². The molecule has 2 rings (SSSR count).